The van der Waals surface area contributed by atoms with Gasteiger partial charge in [-0.05, 0) is 31.0 Å². The zero-order valence-electron chi connectivity index (χ0n) is 11.3. The summed E-state index contributed by atoms with van der Waals surface area (Å²) < 4.78 is 19.9. The van der Waals surface area contributed by atoms with Gasteiger partial charge in [0.05, 0.1) is 17.9 Å². The average molecular weight is 306 g/mol. The third-order valence-corrected chi connectivity index (χ3v) is 5.39. The second kappa shape index (κ2) is 4.68. The summed E-state index contributed by atoms with van der Waals surface area (Å²) in [6.07, 6.45) is 2.34. The van der Waals surface area contributed by atoms with Crippen LogP contribution in [0.15, 0.2) is 18.2 Å². The number of thiophene rings is 1. The second-order valence-electron chi connectivity index (χ2n) is 5.65. The summed E-state index contributed by atoms with van der Waals surface area (Å²) in [6.45, 7) is 1.24. The van der Waals surface area contributed by atoms with Gasteiger partial charge >= 0.3 is 0 Å². The smallest absolute Gasteiger partial charge is 0.266 e. The Labute approximate surface area is 125 Å². The van der Waals surface area contributed by atoms with Crippen molar-refractivity contribution in [1.82, 2.24) is 4.90 Å². The van der Waals surface area contributed by atoms with Gasteiger partial charge in [-0.3, -0.25) is 4.79 Å². The van der Waals surface area contributed by atoms with E-state index in [1.54, 1.807) is 6.07 Å². The number of benzene rings is 1. The maximum Gasteiger partial charge on any atom is 0.266 e. The Hall–Kier alpha value is -1.66. The summed E-state index contributed by atoms with van der Waals surface area (Å²) in [5.41, 5.74) is 6.45. The van der Waals surface area contributed by atoms with Crippen LogP contribution in [0.2, 0.25) is 0 Å². The number of hydrogen-bond acceptors (Lipinski definition) is 4. The molecule has 2 saturated heterocycles. The van der Waals surface area contributed by atoms with E-state index >= 15 is 0 Å². The van der Waals surface area contributed by atoms with Crippen molar-refractivity contribution < 1.29 is 13.9 Å². The maximum atomic E-state index is 13.3. The summed E-state index contributed by atoms with van der Waals surface area (Å²) in [5.74, 6) is -0.398. The van der Waals surface area contributed by atoms with Crippen LogP contribution in [0, 0.1) is 5.82 Å². The Morgan fingerprint density at radius 2 is 2.05 bits per heavy atom. The number of carbonyl (C=O) groups excluding carboxylic acids is 1. The minimum atomic E-state index is -0.338. The standard InChI is InChI=1S/C15H15FN2O2S/c16-8-1-4-12-11(5-8)13(17)14(21-12)15(19)18-6-9-2-3-10(7-18)20-9/h1,4-5,9-10H,2-3,6-7,17H2. The van der Waals surface area contributed by atoms with Crippen molar-refractivity contribution in [3.63, 3.8) is 0 Å². The molecular formula is C15H15FN2O2S. The van der Waals surface area contributed by atoms with Gasteiger partial charge in [-0.2, -0.15) is 0 Å². The molecule has 0 spiro atoms. The number of morpholine rings is 1. The molecule has 6 heteroatoms. The molecule has 3 heterocycles. The van der Waals surface area contributed by atoms with Crippen LogP contribution < -0.4 is 5.73 Å². The van der Waals surface area contributed by atoms with Crippen molar-refractivity contribution in [3.8, 4) is 0 Å². The summed E-state index contributed by atoms with van der Waals surface area (Å²) in [7, 11) is 0. The first kappa shape index (κ1) is 13.0. The van der Waals surface area contributed by atoms with Gasteiger partial charge in [0.15, 0.2) is 0 Å². The van der Waals surface area contributed by atoms with Crippen molar-refractivity contribution in [3.05, 3.63) is 28.9 Å². The predicted molar refractivity (Wildman–Crippen MR) is 80.0 cm³/mol. The summed E-state index contributed by atoms with van der Waals surface area (Å²) in [6, 6.07) is 4.45. The number of rotatable bonds is 1. The fourth-order valence-corrected chi connectivity index (χ4v) is 4.24. The molecule has 4 rings (SSSR count). The summed E-state index contributed by atoms with van der Waals surface area (Å²) >= 11 is 1.33. The van der Waals surface area contributed by atoms with Crippen molar-refractivity contribution >= 4 is 33.0 Å². The van der Waals surface area contributed by atoms with E-state index in [0.29, 0.717) is 29.0 Å². The quantitative estimate of drug-likeness (QED) is 0.881. The Balaban J connectivity index is 1.69. The number of fused-ring (bicyclic) bond motifs is 3. The molecule has 21 heavy (non-hydrogen) atoms. The molecule has 2 fully saturated rings. The number of hydrogen-bond donors (Lipinski definition) is 1. The van der Waals surface area contributed by atoms with Crippen LogP contribution in [0.1, 0.15) is 22.5 Å². The largest absolute Gasteiger partial charge is 0.397 e. The van der Waals surface area contributed by atoms with Crippen LogP contribution in [-0.4, -0.2) is 36.1 Å². The number of nitrogens with zero attached hydrogens (tertiary/aromatic N) is 1. The van der Waals surface area contributed by atoms with E-state index in [-0.39, 0.29) is 23.9 Å². The van der Waals surface area contributed by atoms with Crippen molar-refractivity contribution in [2.24, 2.45) is 0 Å². The number of nitrogen functional groups attached to an aromatic ring is 1. The molecule has 2 unspecified atom stereocenters. The summed E-state index contributed by atoms with van der Waals surface area (Å²) in [4.78, 5) is 15.0. The average Bonchev–Trinajstić information content (AvgIpc) is 2.98. The highest BCUT2D eigenvalue weighted by Gasteiger charge is 2.36. The minimum absolute atomic E-state index is 0.0608. The zero-order chi connectivity index (χ0) is 14.6. The van der Waals surface area contributed by atoms with Gasteiger partial charge in [0.25, 0.3) is 5.91 Å². The Morgan fingerprint density at radius 3 is 2.76 bits per heavy atom. The normalized spacial score (nSPS) is 24.7. The van der Waals surface area contributed by atoms with E-state index in [4.69, 9.17) is 10.5 Å². The molecule has 1 amide bonds. The molecule has 2 aromatic rings. The predicted octanol–water partition coefficient (Wildman–Crippen LogP) is 2.63. The van der Waals surface area contributed by atoms with Gasteiger partial charge in [-0.1, -0.05) is 0 Å². The molecule has 2 aliphatic heterocycles. The molecule has 2 atom stereocenters. The third-order valence-electron chi connectivity index (χ3n) is 4.21. The number of amides is 1. The molecule has 0 aliphatic carbocycles. The van der Waals surface area contributed by atoms with Crippen LogP contribution in [0.25, 0.3) is 10.1 Å². The van der Waals surface area contributed by atoms with E-state index in [2.05, 4.69) is 0 Å². The molecule has 4 nitrogen and oxygen atoms in total. The van der Waals surface area contributed by atoms with Crippen molar-refractivity contribution in [2.45, 2.75) is 25.0 Å². The highest BCUT2D eigenvalue weighted by atomic mass is 32.1. The fourth-order valence-electron chi connectivity index (χ4n) is 3.17. The van der Waals surface area contributed by atoms with Gasteiger partial charge in [0.2, 0.25) is 0 Å². The van der Waals surface area contributed by atoms with Gasteiger partial charge in [0.1, 0.15) is 10.7 Å². The van der Waals surface area contributed by atoms with E-state index in [9.17, 15) is 9.18 Å². The molecule has 2 bridgehead atoms. The van der Waals surface area contributed by atoms with Gasteiger partial charge in [-0.15, -0.1) is 11.3 Å². The monoisotopic (exact) mass is 306 g/mol. The summed E-state index contributed by atoms with van der Waals surface area (Å²) in [5, 5.41) is 0.625. The number of ether oxygens (including phenoxy) is 1. The number of anilines is 1. The third kappa shape index (κ3) is 2.10. The maximum absolute atomic E-state index is 13.3. The lowest BCUT2D eigenvalue weighted by molar-refractivity contribution is -0.0301. The molecule has 2 aliphatic rings. The molecule has 1 aromatic heterocycles. The van der Waals surface area contributed by atoms with E-state index < -0.39 is 0 Å². The first-order valence-electron chi connectivity index (χ1n) is 7.04. The fraction of sp³-hybridized carbons (Fsp3) is 0.400. The van der Waals surface area contributed by atoms with Crippen LogP contribution in [0.3, 0.4) is 0 Å². The lowest BCUT2D eigenvalue weighted by Gasteiger charge is -2.31. The molecule has 1 aromatic carbocycles. The molecule has 0 radical (unpaired) electrons. The Morgan fingerprint density at radius 1 is 1.33 bits per heavy atom. The number of nitrogens with two attached hydrogens (primary N) is 1. The Bertz CT molecular complexity index is 718. The van der Waals surface area contributed by atoms with Crippen molar-refractivity contribution in [1.29, 1.82) is 0 Å². The molecule has 2 N–H and O–H groups in total. The first-order chi connectivity index (χ1) is 10.1. The zero-order valence-corrected chi connectivity index (χ0v) is 12.2. The molecular weight excluding hydrogens is 291 g/mol. The highest BCUT2D eigenvalue weighted by molar-refractivity contribution is 7.21. The van der Waals surface area contributed by atoms with E-state index in [1.165, 1.54) is 23.5 Å². The highest BCUT2D eigenvalue weighted by Crippen LogP contribution is 2.36. The number of halogens is 1. The van der Waals surface area contributed by atoms with E-state index in [1.807, 2.05) is 4.90 Å². The topological polar surface area (TPSA) is 55.6 Å². The minimum Gasteiger partial charge on any atom is -0.397 e. The van der Waals surface area contributed by atoms with Gasteiger partial charge < -0.3 is 15.4 Å². The van der Waals surface area contributed by atoms with Crippen molar-refractivity contribution in [2.75, 3.05) is 18.8 Å². The van der Waals surface area contributed by atoms with Crippen LogP contribution in [0.5, 0.6) is 0 Å². The SMILES string of the molecule is Nc1c(C(=O)N2CC3CCC(C2)O3)sc2ccc(F)cc12. The van der Waals surface area contributed by atoms with Crippen LogP contribution in [-0.2, 0) is 4.74 Å². The van der Waals surface area contributed by atoms with Gasteiger partial charge in [0, 0.05) is 23.2 Å². The number of likely N-dealkylation sites (tertiary alicyclic amines) is 1. The lowest BCUT2D eigenvalue weighted by atomic mass is 10.2. The first-order valence-corrected chi connectivity index (χ1v) is 7.86. The lowest BCUT2D eigenvalue weighted by Crippen LogP contribution is -2.45. The number of carbonyl (C=O) groups is 1. The van der Waals surface area contributed by atoms with E-state index in [0.717, 1.165) is 17.5 Å². The Kier molecular flexibility index (Phi) is 2.90. The molecule has 110 valence electrons. The van der Waals surface area contributed by atoms with Crippen LogP contribution >= 0.6 is 11.3 Å². The van der Waals surface area contributed by atoms with Gasteiger partial charge in [-0.25, -0.2) is 4.39 Å². The second-order valence-corrected chi connectivity index (χ2v) is 6.71. The van der Waals surface area contributed by atoms with Crippen LogP contribution in [0.4, 0.5) is 10.1 Å². The molecule has 0 saturated carbocycles.